The molecule has 1 aliphatic rings. The monoisotopic (exact) mass is 220 g/mol. The topological polar surface area (TPSA) is 77.0 Å². The Hall–Kier alpha value is -1.45. The maximum absolute atomic E-state index is 5.68. The van der Waals surface area contributed by atoms with Crippen LogP contribution in [0.2, 0.25) is 0 Å². The highest BCUT2D eigenvalue weighted by Gasteiger charge is 2.12. The zero-order valence-corrected chi connectivity index (χ0v) is 9.58. The highest BCUT2D eigenvalue weighted by Crippen LogP contribution is 2.21. The first kappa shape index (κ1) is 11.0. The molecule has 0 aliphatic heterocycles. The first-order valence-corrected chi connectivity index (χ1v) is 6.04. The van der Waals surface area contributed by atoms with Gasteiger partial charge in [0.1, 0.15) is 11.6 Å². The van der Waals surface area contributed by atoms with E-state index in [2.05, 4.69) is 10.3 Å². The van der Waals surface area contributed by atoms with Crippen molar-refractivity contribution < 1.29 is 0 Å². The molecule has 0 radical (unpaired) electrons. The molecule has 0 bridgehead atoms. The molecular weight excluding hydrogens is 200 g/mol. The van der Waals surface area contributed by atoms with Gasteiger partial charge in [-0.05, 0) is 25.0 Å². The zero-order chi connectivity index (χ0) is 11.4. The van der Waals surface area contributed by atoms with Gasteiger partial charge in [0.25, 0.3) is 0 Å². The number of rotatable bonds is 2. The summed E-state index contributed by atoms with van der Waals surface area (Å²) in [5.74, 6) is 1.26. The Bertz CT molecular complexity index is 343. The fourth-order valence-electron chi connectivity index (χ4n) is 2.20. The molecule has 4 heteroatoms. The highest BCUT2D eigenvalue weighted by atomic mass is 15.0. The van der Waals surface area contributed by atoms with Crippen LogP contribution in [-0.2, 0) is 0 Å². The minimum absolute atomic E-state index is 0.415. The highest BCUT2D eigenvalue weighted by molar-refractivity contribution is 5.61. The summed E-state index contributed by atoms with van der Waals surface area (Å²) in [5, 5.41) is 3.44. The molecule has 1 saturated carbocycles. The third kappa shape index (κ3) is 2.78. The predicted molar refractivity (Wildman–Crippen MR) is 68.2 cm³/mol. The molecule has 1 aromatic rings. The van der Waals surface area contributed by atoms with E-state index in [0.717, 1.165) is 5.82 Å². The molecule has 1 fully saturated rings. The Morgan fingerprint density at radius 1 is 1.06 bits per heavy atom. The quantitative estimate of drug-likeness (QED) is 0.669. The van der Waals surface area contributed by atoms with Gasteiger partial charge in [0.15, 0.2) is 0 Å². The van der Waals surface area contributed by atoms with Gasteiger partial charge >= 0.3 is 0 Å². The molecule has 0 saturated heterocycles. The second-order valence-corrected chi connectivity index (χ2v) is 4.50. The first-order valence-electron chi connectivity index (χ1n) is 6.04. The molecule has 16 heavy (non-hydrogen) atoms. The number of nitrogens with two attached hydrogens (primary N) is 2. The van der Waals surface area contributed by atoms with Crippen molar-refractivity contribution in [3.8, 4) is 0 Å². The Morgan fingerprint density at radius 2 is 1.75 bits per heavy atom. The van der Waals surface area contributed by atoms with E-state index in [1.54, 1.807) is 6.07 Å². The fraction of sp³-hybridized carbons (Fsp3) is 0.583. The lowest BCUT2D eigenvalue weighted by Gasteiger charge is -2.17. The number of pyridine rings is 1. The van der Waals surface area contributed by atoms with E-state index in [1.165, 1.54) is 38.5 Å². The molecule has 0 amide bonds. The third-order valence-electron chi connectivity index (χ3n) is 3.16. The van der Waals surface area contributed by atoms with Crippen LogP contribution >= 0.6 is 0 Å². The molecule has 1 heterocycles. The van der Waals surface area contributed by atoms with Crippen molar-refractivity contribution in [2.45, 2.75) is 44.6 Å². The van der Waals surface area contributed by atoms with Crippen molar-refractivity contribution in [1.29, 1.82) is 0 Å². The van der Waals surface area contributed by atoms with E-state index >= 15 is 0 Å². The van der Waals surface area contributed by atoms with Gasteiger partial charge in [-0.15, -0.1) is 0 Å². The van der Waals surface area contributed by atoms with Gasteiger partial charge in [0, 0.05) is 6.04 Å². The molecule has 0 atom stereocenters. The summed E-state index contributed by atoms with van der Waals surface area (Å²) in [5.41, 5.74) is 11.9. The largest absolute Gasteiger partial charge is 0.396 e. The molecule has 1 aliphatic carbocycles. The number of anilines is 3. The van der Waals surface area contributed by atoms with E-state index in [1.807, 2.05) is 6.07 Å². The van der Waals surface area contributed by atoms with Gasteiger partial charge in [0.05, 0.1) is 5.69 Å². The van der Waals surface area contributed by atoms with Crippen LogP contribution in [-0.4, -0.2) is 11.0 Å². The van der Waals surface area contributed by atoms with Crippen LogP contribution in [0.15, 0.2) is 12.1 Å². The average Bonchev–Trinajstić information content (AvgIpc) is 2.52. The minimum Gasteiger partial charge on any atom is -0.396 e. The molecule has 0 aromatic carbocycles. The standard InChI is InChI=1S/C12H20N4/c13-10-7-8-11(16-12(10)14)15-9-5-3-1-2-4-6-9/h7-9H,1-6,13H2,(H3,14,15,16). The maximum Gasteiger partial charge on any atom is 0.149 e. The van der Waals surface area contributed by atoms with E-state index in [-0.39, 0.29) is 0 Å². The molecule has 0 spiro atoms. The normalized spacial score (nSPS) is 18.0. The second kappa shape index (κ2) is 5.05. The van der Waals surface area contributed by atoms with Gasteiger partial charge in [-0.1, -0.05) is 25.7 Å². The lowest BCUT2D eigenvalue weighted by Crippen LogP contribution is -2.19. The number of hydrogen-bond acceptors (Lipinski definition) is 4. The van der Waals surface area contributed by atoms with E-state index in [9.17, 15) is 0 Å². The van der Waals surface area contributed by atoms with Gasteiger partial charge in [0.2, 0.25) is 0 Å². The Balaban J connectivity index is 1.99. The Morgan fingerprint density at radius 3 is 2.38 bits per heavy atom. The Labute approximate surface area is 96.4 Å². The third-order valence-corrected chi connectivity index (χ3v) is 3.16. The van der Waals surface area contributed by atoms with Crippen LogP contribution in [0, 0.1) is 0 Å². The summed E-state index contributed by atoms with van der Waals surface area (Å²) in [7, 11) is 0. The summed E-state index contributed by atoms with van der Waals surface area (Å²) >= 11 is 0. The maximum atomic E-state index is 5.68. The molecule has 0 unspecified atom stereocenters. The van der Waals surface area contributed by atoms with E-state index < -0.39 is 0 Å². The predicted octanol–water partition coefficient (Wildman–Crippen LogP) is 2.38. The van der Waals surface area contributed by atoms with Crippen LogP contribution in [0.1, 0.15) is 38.5 Å². The minimum atomic E-state index is 0.415. The zero-order valence-electron chi connectivity index (χ0n) is 9.58. The van der Waals surface area contributed by atoms with E-state index in [0.29, 0.717) is 17.5 Å². The average molecular weight is 220 g/mol. The van der Waals surface area contributed by atoms with Crippen molar-refractivity contribution in [3.63, 3.8) is 0 Å². The van der Waals surface area contributed by atoms with Crippen molar-refractivity contribution >= 4 is 17.3 Å². The number of nitrogens with zero attached hydrogens (tertiary/aromatic N) is 1. The molecule has 4 nitrogen and oxygen atoms in total. The van der Waals surface area contributed by atoms with Crippen LogP contribution in [0.25, 0.3) is 0 Å². The smallest absolute Gasteiger partial charge is 0.149 e. The lowest BCUT2D eigenvalue weighted by molar-refractivity contribution is 0.618. The van der Waals surface area contributed by atoms with Crippen LogP contribution < -0.4 is 16.8 Å². The van der Waals surface area contributed by atoms with Crippen molar-refractivity contribution in [2.24, 2.45) is 0 Å². The van der Waals surface area contributed by atoms with Crippen LogP contribution in [0.4, 0.5) is 17.3 Å². The van der Waals surface area contributed by atoms with Crippen molar-refractivity contribution in [3.05, 3.63) is 12.1 Å². The second-order valence-electron chi connectivity index (χ2n) is 4.50. The number of nitrogen functional groups attached to an aromatic ring is 2. The summed E-state index contributed by atoms with van der Waals surface area (Å²) in [6.45, 7) is 0. The molecule has 88 valence electrons. The van der Waals surface area contributed by atoms with E-state index in [4.69, 9.17) is 11.5 Å². The lowest BCUT2D eigenvalue weighted by atomic mass is 10.1. The summed E-state index contributed by atoms with van der Waals surface area (Å²) in [6.07, 6.45) is 7.78. The fourth-order valence-corrected chi connectivity index (χ4v) is 2.20. The van der Waals surface area contributed by atoms with Crippen LogP contribution in [0.5, 0.6) is 0 Å². The Kier molecular flexibility index (Phi) is 3.49. The summed E-state index contributed by atoms with van der Waals surface area (Å²) < 4.78 is 0. The molecule has 1 aromatic heterocycles. The van der Waals surface area contributed by atoms with Crippen LogP contribution in [0.3, 0.4) is 0 Å². The van der Waals surface area contributed by atoms with Gasteiger partial charge in [-0.3, -0.25) is 0 Å². The molecule has 5 N–H and O–H groups in total. The van der Waals surface area contributed by atoms with Gasteiger partial charge in [-0.2, -0.15) is 0 Å². The first-order chi connectivity index (χ1) is 7.75. The van der Waals surface area contributed by atoms with Crippen molar-refractivity contribution in [2.75, 3.05) is 16.8 Å². The SMILES string of the molecule is Nc1ccc(NC2CCCCCC2)nc1N. The summed E-state index contributed by atoms with van der Waals surface area (Å²) in [6, 6.07) is 4.25. The molecule has 2 rings (SSSR count). The number of nitrogens with one attached hydrogen (secondary N) is 1. The van der Waals surface area contributed by atoms with Gasteiger partial charge < -0.3 is 16.8 Å². The van der Waals surface area contributed by atoms with Gasteiger partial charge in [-0.25, -0.2) is 4.98 Å². The molecular formula is C12H20N4. The number of aromatic nitrogens is 1. The summed E-state index contributed by atoms with van der Waals surface area (Å²) in [4.78, 5) is 4.24. The van der Waals surface area contributed by atoms with Crippen molar-refractivity contribution in [1.82, 2.24) is 4.98 Å². The number of hydrogen-bond donors (Lipinski definition) is 3.